The fraction of sp³-hybridized carbons (Fsp3) is 0.500. The standard InChI is InChI=1S/C16H20ClN3O2/c1-10-12(4-3-7-22-10)16(21)18-9-15-19-13-8-11(17)5-6-14(13)20(15)2/h5-6,8,10,12H,3-4,7,9H2,1-2H3,(H,18,21)/t10-,12+/m1/s1. The minimum Gasteiger partial charge on any atom is -0.378 e. The van der Waals surface area contributed by atoms with Crippen LogP contribution in [0.5, 0.6) is 0 Å². The average Bonchev–Trinajstić information content (AvgIpc) is 2.81. The Hall–Kier alpha value is -1.59. The monoisotopic (exact) mass is 321 g/mol. The first-order chi connectivity index (χ1) is 10.6. The number of aryl methyl sites for hydroxylation is 1. The summed E-state index contributed by atoms with van der Waals surface area (Å²) in [6.07, 6.45) is 1.80. The van der Waals surface area contributed by atoms with Crippen LogP contribution in [0, 0.1) is 5.92 Å². The Morgan fingerprint density at radius 2 is 2.36 bits per heavy atom. The topological polar surface area (TPSA) is 56.1 Å². The second-order valence-corrected chi connectivity index (χ2v) is 6.20. The molecule has 3 rings (SSSR count). The number of amides is 1. The number of ether oxygens (including phenoxy) is 1. The van der Waals surface area contributed by atoms with Crippen LogP contribution >= 0.6 is 11.6 Å². The number of aromatic nitrogens is 2. The molecule has 22 heavy (non-hydrogen) atoms. The van der Waals surface area contributed by atoms with Crippen molar-refractivity contribution in [2.24, 2.45) is 13.0 Å². The van der Waals surface area contributed by atoms with Gasteiger partial charge >= 0.3 is 0 Å². The number of fused-ring (bicyclic) bond motifs is 1. The van der Waals surface area contributed by atoms with Crippen LogP contribution in [0.3, 0.4) is 0 Å². The van der Waals surface area contributed by atoms with E-state index in [4.69, 9.17) is 16.3 Å². The lowest BCUT2D eigenvalue weighted by Crippen LogP contribution is -2.40. The van der Waals surface area contributed by atoms with E-state index in [0.717, 1.165) is 36.3 Å². The number of rotatable bonds is 3. The molecule has 6 heteroatoms. The Bertz CT molecular complexity index is 698. The summed E-state index contributed by atoms with van der Waals surface area (Å²) in [7, 11) is 1.94. The van der Waals surface area contributed by atoms with Gasteiger partial charge in [-0.2, -0.15) is 0 Å². The summed E-state index contributed by atoms with van der Waals surface area (Å²) in [5.41, 5.74) is 1.84. The molecule has 1 N–H and O–H groups in total. The molecule has 1 aromatic carbocycles. The molecule has 0 radical (unpaired) electrons. The SMILES string of the molecule is C[C@H]1OCCC[C@@H]1C(=O)NCc1nc2cc(Cl)ccc2n1C. The quantitative estimate of drug-likeness (QED) is 0.945. The number of benzene rings is 1. The van der Waals surface area contributed by atoms with E-state index in [1.807, 2.05) is 36.7 Å². The highest BCUT2D eigenvalue weighted by Gasteiger charge is 2.28. The number of carbonyl (C=O) groups is 1. The van der Waals surface area contributed by atoms with Gasteiger partial charge < -0.3 is 14.6 Å². The summed E-state index contributed by atoms with van der Waals surface area (Å²) in [4.78, 5) is 16.9. The summed E-state index contributed by atoms with van der Waals surface area (Å²) in [5, 5.41) is 3.64. The van der Waals surface area contributed by atoms with Gasteiger partial charge in [-0.15, -0.1) is 0 Å². The molecule has 1 saturated heterocycles. The Kier molecular flexibility index (Phi) is 4.36. The van der Waals surface area contributed by atoms with Crippen molar-refractivity contribution in [3.63, 3.8) is 0 Å². The molecule has 2 aromatic rings. The predicted octanol–water partition coefficient (Wildman–Crippen LogP) is 2.66. The van der Waals surface area contributed by atoms with Crippen molar-refractivity contribution in [1.82, 2.24) is 14.9 Å². The second kappa shape index (κ2) is 6.26. The Balaban J connectivity index is 1.71. The predicted molar refractivity (Wildman–Crippen MR) is 85.7 cm³/mol. The maximum absolute atomic E-state index is 12.3. The van der Waals surface area contributed by atoms with E-state index in [0.29, 0.717) is 11.6 Å². The van der Waals surface area contributed by atoms with E-state index in [-0.39, 0.29) is 17.9 Å². The van der Waals surface area contributed by atoms with Crippen LogP contribution in [0.1, 0.15) is 25.6 Å². The third-order valence-corrected chi connectivity index (χ3v) is 4.53. The Labute approximate surface area is 134 Å². The van der Waals surface area contributed by atoms with Gasteiger partial charge in [-0.05, 0) is 38.0 Å². The molecular weight excluding hydrogens is 302 g/mol. The number of hydrogen-bond donors (Lipinski definition) is 1. The number of nitrogens with one attached hydrogen (secondary N) is 1. The Morgan fingerprint density at radius 3 is 3.14 bits per heavy atom. The minimum atomic E-state index is -0.0714. The molecular formula is C16H20ClN3O2. The largest absolute Gasteiger partial charge is 0.378 e. The Morgan fingerprint density at radius 1 is 1.55 bits per heavy atom. The molecule has 0 spiro atoms. The van der Waals surface area contributed by atoms with Crippen LogP contribution in [0.15, 0.2) is 18.2 Å². The molecule has 0 unspecified atom stereocenters. The molecule has 1 amide bonds. The second-order valence-electron chi connectivity index (χ2n) is 5.76. The molecule has 0 aliphatic carbocycles. The van der Waals surface area contributed by atoms with Gasteiger partial charge in [0.1, 0.15) is 5.82 Å². The first-order valence-corrected chi connectivity index (χ1v) is 7.94. The lowest BCUT2D eigenvalue weighted by molar-refractivity contribution is -0.133. The molecule has 2 atom stereocenters. The first kappa shape index (κ1) is 15.3. The van der Waals surface area contributed by atoms with Crippen molar-refractivity contribution in [1.29, 1.82) is 0 Å². The van der Waals surface area contributed by atoms with Crippen molar-refractivity contribution in [3.05, 3.63) is 29.0 Å². The number of halogens is 1. The van der Waals surface area contributed by atoms with Gasteiger partial charge in [0, 0.05) is 18.7 Å². The number of carbonyl (C=O) groups excluding carboxylic acids is 1. The van der Waals surface area contributed by atoms with Crippen LogP contribution in [0.4, 0.5) is 0 Å². The molecule has 1 aromatic heterocycles. The van der Waals surface area contributed by atoms with Gasteiger partial charge in [0.2, 0.25) is 5.91 Å². The van der Waals surface area contributed by atoms with Crippen LogP contribution in [0.25, 0.3) is 11.0 Å². The molecule has 1 aliphatic rings. The number of hydrogen-bond acceptors (Lipinski definition) is 3. The van der Waals surface area contributed by atoms with Crippen molar-refractivity contribution in [2.75, 3.05) is 6.61 Å². The zero-order valence-electron chi connectivity index (χ0n) is 12.8. The van der Waals surface area contributed by atoms with Crippen molar-refractivity contribution in [3.8, 4) is 0 Å². The lowest BCUT2D eigenvalue weighted by Gasteiger charge is -2.27. The summed E-state index contributed by atoms with van der Waals surface area (Å²) < 4.78 is 7.53. The summed E-state index contributed by atoms with van der Waals surface area (Å²) in [6.45, 7) is 3.11. The van der Waals surface area contributed by atoms with Crippen LogP contribution in [0.2, 0.25) is 5.02 Å². The molecule has 2 heterocycles. The fourth-order valence-electron chi connectivity index (χ4n) is 2.95. The van der Waals surface area contributed by atoms with Gasteiger partial charge in [0.05, 0.1) is 29.6 Å². The highest BCUT2D eigenvalue weighted by molar-refractivity contribution is 6.31. The zero-order valence-corrected chi connectivity index (χ0v) is 13.6. The number of imidazole rings is 1. The van der Waals surface area contributed by atoms with E-state index in [1.54, 1.807) is 0 Å². The van der Waals surface area contributed by atoms with E-state index in [1.165, 1.54) is 0 Å². The smallest absolute Gasteiger partial charge is 0.226 e. The van der Waals surface area contributed by atoms with Crippen molar-refractivity contribution >= 4 is 28.5 Å². The molecule has 0 saturated carbocycles. The maximum Gasteiger partial charge on any atom is 0.226 e. The van der Waals surface area contributed by atoms with Crippen LogP contribution in [-0.4, -0.2) is 28.2 Å². The maximum atomic E-state index is 12.3. The van der Waals surface area contributed by atoms with Crippen molar-refractivity contribution < 1.29 is 9.53 Å². The molecule has 1 aliphatic heterocycles. The molecule has 5 nitrogen and oxygen atoms in total. The molecule has 0 bridgehead atoms. The van der Waals surface area contributed by atoms with Gasteiger partial charge in [-0.25, -0.2) is 4.98 Å². The van der Waals surface area contributed by atoms with E-state index in [9.17, 15) is 4.79 Å². The lowest BCUT2D eigenvalue weighted by atomic mass is 9.94. The zero-order chi connectivity index (χ0) is 15.7. The van der Waals surface area contributed by atoms with Gasteiger partial charge in [-0.1, -0.05) is 11.6 Å². The summed E-state index contributed by atoms with van der Waals surface area (Å²) in [6, 6.07) is 5.61. The van der Waals surface area contributed by atoms with Crippen LogP contribution < -0.4 is 5.32 Å². The van der Waals surface area contributed by atoms with E-state index in [2.05, 4.69) is 10.3 Å². The van der Waals surface area contributed by atoms with E-state index >= 15 is 0 Å². The third kappa shape index (κ3) is 2.96. The first-order valence-electron chi connectivity index (χ1n) is 7.56. The minimum absolute atomic E-state index is 0.0204. The van der Waals surface area contributed by atoms with Crippen molar-refractivity contribution in [2.45, 2.75) is 32.4 Å². The highest BCUT2D eigenvalue weighted by Crippen LogP contribution is 2.22. The fourth-order valence-corrected chi connectivity index (χ4v) is 3.11. The van der Waals surface area contributed by atoms with Gasteiger partial charge in [-0.3, -0.25) is 4.79 Å². The highest BCUT2D eigenvalue weighted by atomic mass is 35.5. The average molecular weight is 322 g/mol. The van der Waals surface area contributed by atoms with Gasteiger partial charge in [0.25, 0.3) is 0 Å². The summed E-state index contributed by atoms with van der Waals surface area (Å²) >= 11 is 5.99. The molecule has 118 valence electrons. The van der Waals surface area contributed by atoms with Crippen LogP contribution in [-0.2, 0) is 23.1 Å². The summed E-state index contributed by atoms with van der Waals surface area (Å²) in [5.74, 6) is 0.783. The normalized spacial score (nSPS) is 22.0. The van der Waals surface area contributed by atoms with Gasteiger partial charge in [0.15, 0.2) is 0 Å². The molecule has 1 fully saturated rings. The third-order valence-electron chi connectivity index (χ3n) is 4.30. The van der Waals surface area contributed by atoms with E-state index < -0.39 is 0 Å². The number of nitrogens with zero attached hydrogens (tertiary/aromatic N) is 2.